The Morgan fingerprint density at radius 1 is 0.920 bits per heavy atom. The summed E-state index contributed by atoms with van der Waals surface area (Å²) in [6.45, 7) is 7.00. The Morgan fingerprint density at radius 2 is 1.48 bits per heavy atom. The minimum atomic E-state index is -0.766. The largest absolute Gasteiger partial charge is 0.393 e. The number of aliphatic hydroxyl groups excluding tert-OH is 4. The standard InChI is InChI=1S/C20H34O5/c1-5-17(22)13-18(23)11-9-7-6-8-10-14(2)20(25)16(4)19(24)12-15(3)21/h6-11,14-16,18-21,23-25H,5,12-13H2,1-4H3. The number of hydrogen-bond acceptors (Lipinski definition) is 5. The first kappa shape index (κ1) is 23.7. The zero-order valence-electron chi connectivity index (χ0n) is 15.7. The van der Waals surface area contributed by atoms with Crippen LogP contribution in [0.25, 0.3) is 0 Å². The zero-order chi connectivity index (χ0) is 19.4. The highest BCUT2D eigenvalue weighted by molar-refractivity contribution is 5.78. The second-order valence-electron chi connectivity index (χ2n) is 6.68. The summed E-state index contributed by atoms with van der Waals surface area (Å²) in [5.74, 6) is -0.472. The van der Waals surface area contributed by atoms with Crippen LogP contribution in [0.15, 0.2) is 36.5 Å². The molecule has 0 aliphatic rings. The molecule has 0 bridgehead atoms. The minimum absolute atomic E-state index is 0.0238. The zero-order valence-corrected chi connectivity index (χ0v) is 15.7. The number of rotatable bonds is 12. The van der Waals surface area contributed by atoms with Gasteiger partial charge in [-0.05, 0) is 13.3 Å². The average molecular weight is 354 g/mol. The van der Waals surface area contributed by atoms with E-state index >= 15 is 0 Å². The fourth-order valence-electron chi connectivity index (χ4n) is 2.39. The van der Waals surface area contributed by atoms with Crippen LogP contribution in [0.1, 0.15) is 47.0 Å². The van der Waals surface area contributed by atoms with Gasteiger partial charge in [-0.2, -0.15) is 0 Å². The molecule has 0 fully saturated rings. The van der Waals surface area contributed by atoms with Crippen LogP contribution < -0.4 is 0 Å². The van der Waals surface area contributed by atoms with Crippen LogP contribution in [0, 0.1) is 11.8 Å². The van der Waals surface area contributed by atoms with E-state index in [1.165, 1.54) is 0 Å². The predicted molar refractivity (Wildman–Crippen MR) is 100.0 cm³/mol. The van der Waals surface area contributed by atoms with Crippen LogP contribution in [0.3, 0.4) is 0 Å². The summed E-state index contributed by atoms with van der Waals surface area (Å²) in [5, 5.41) is 39.1. The lowest BCUT2D eigenvalue weighted by Crippen LogP contribution is -2.35. The number of aliphatic hydroxyl groups is 4. The third-order valence-electron chi connectivity index (χ3n) is 4.18. The molecule has 25 heavy (non-hydrogen) atoms. The lowest BCUT2D eigenvalue weighted by Gasteiger charge is -2.27. The van der Waals surface area contributed by atoms with E-state index in [-0.39, 0.29) is 30.5 Å². The van der Waals surface area contributed by atoms with Gasteiger partial charge in [-0.15, -0.1) is 0 Å². The number of Topliss-reactive ketones (excluding diaryl/α,β-unsaturated/α-hetero) is 1. The fraction of sp³-hybridized carbons (Fsp3) is 0.650. The lowest BCUT2D eigenvalue weighted by atomic mass is 9.87. The van der Waals surface area contributed by atoms with E-state index in [2.05, 4.69) is 0 Å². The topological polar surface area (TPSA) is 98.0 Å². The Morgan fingerprint density at radius 3 is 2.00 bits per heavy atom. The molecule has 0 amide bonds. The Balaban J connectivity index is 4.36. The molecule has 0 spiro atoms. The molecule has 0 aromatic carbocycles. The highest BCUT2D eigenvalue weighted by Gasteiger charge is 2.26. The Kier molecular flexibility index (Phi) is 12.3. The van der Waals surface area contributed by atoms with Crippen LogP contribution >= 0.6 is 0 Å². The van der Waals surface area contributed by atoms with Gasteiger partial charge < -0.3 is 20.4 Å². The second kappa shape index (κ2) is 13.0. The van der Waals surface area contributed by atoms with E-state index in [1.807, 2.05) is 13.0 Å². The molecule has 0 rings (SSSR count). The molecule has 4 N–H and O–H groups in total. The van der Waals surface area contributed by atoms with Gasteiger partial charge in [-0.1, -0.05) is 57.2 Å². The Bertz CT molecular complexity index is 453. The van der Waals surface area contributed by atoms with Crippen LogP contribution in [-0.2, 0) is 4.79 Å². The number of carbonyl (C=O) groups excluding carboxylic acids is 1. The van der Waals surface area contributed by atoms with Gasteiger partial charge in [0, 0.05) is 24.7 Å². The number of allylic oxidation sites excluding steroid dienone is 4. The summed E-state index contributed by atoms with van der Waals surface area (Å²) in [4.78, 5) is 11.2. The van der Waals surface area contributed by atoms with Crippen molar-refractivity contribution in [2.24, 2.45) is 11.8 Å². The molecule has 5 nitrogen and oxygen atoms in total. The predicted octanol–water partition coefficient (Wildman–Crippen LogP) is 2.15. The van der Waals surface area contributed by atoms with Crippen molar-refractivity contribution in [3.63, 3.8) is 0 Å². The third kappa shape index (κ3) is 11.1. The average Bonchev–Trinajstić information content (AvgIpc) is 2.55. The maximum atomic E-state index is 11.2. The SMILES string of the molecule is CCC(=O)CC(O)C=CC=CC=CC(C)C(O)C(C)C(O)CC(C)O. The van der Waals surface area contributed by atoms with E-state index in [4.69, 9.17) is 0 Å². The van der Waals surface area contributed by atoms with Crippen molar-refractivity contribution in [3.8, 4) is 0 Å². The highest BCUT2D eigenvalue weighted by atomic mass is 16.3. The summed E-state index contributed by atoms with van der Waals surface area (Å²) >= 11 is 0. The van der Waals surface area contributed by atoms with Crippen LogP contribution in [0.4, 0.5) is 0 Å². The first-order valence-electron chi connectivity index (χ1n) is 8.94. The molecule has 6 atom stereocenters. The van der Waals surface area contributed by atoms with Gasteiger partial charge >= 0.3 is 0 Å². The maximum absolute atomic E-state index is 11.2. The summed E-state index contributed by atoms with van der Waals surface area (Å²) in [6.07, 6.45) is 8.32. The number of carbonyl (C=O) groups is 1. The van der Waals surface area contributed by atoms with Gasteiger partial charge in [0.1, 0.15) is 5.78 Å². The van der Waals surface area contributed by atoms with E-state index < -0.39 is 24.4 Å². The highest BCUT2D eigenvalue weighted by Crippen LogP contribution is 2.20. The van der Waals surface area contributed by atoms with Gasteiger partial charge in [0.2, 0.25) is 0 Å². The van der Waals surface area contributed by atoms with E-state index in [1.54, 1.807) is 51.2 Å². The summed E-state index contributed by atoms with van der Waals surface area (Å²) in [7, 11) is 0. The van der Waals surface area contributed by atoms with E-state index in [0.717, 1.165) is 0 Å². The van der Waals surface area contributed by atoms with Crippen LogP contribution in [0.2, 0.25) is 0 Å². The molecular weight excluding hydrogens is 320 g/mol. The fourth-order valence-corrected chi connectivity index (χ4v) is 2.39. The molecule has 0 aromatic heterocycles. The minimum Gasteiger partial charge on any atom is -0.393 e. The Hall–Kier alpha value is -1.27. The van der Waals surface area contributed by atoms with Gasteiger partial charge in [0.25, 0.3) is 0 Å². The molecule has 0 heterocycles. The van der Waals surface area contributed by atoms with Crippen molar-refractivity contribution in [1.82, 2.24) is 0 Å². The quantitative estimate of drug-likeness (QED) is 0.403. The normalized spacial score (nSPS) is 20.0. The van der Waals surface area contributed by atoms with Crippen molar-refractivity contribution in [2.45, 2.75) is 71.4 Å². The molecule has 6 unspecified atom stereocenters. The first-order valence-corrected chi connectivity index (χ1v) is 8.94. The van der Waals surface area contributed by atoms with Gasteiger partial charge in [-0.3, -0.25) is 4.79 Å². The van der Waals surface area contributed by atoms with Crippen LogP contribution in [0.5, 0.6) is 0 Å². The second-order valence-corrected chi connectivity index (χ2v) is 6.68. The molecule has 5 heteroatoms. The van der Waals surface area contributed by atoms with Gasteiger partial charge in [-0.25, -0.2) is 0 Å². The molecule has 0 saturated carbocycles. The monoisotopic (exact) mass is 354 g/mol. The number of ketones is 1. The molecule has 0 aliphatic heterocycles. The van der Waals surface area contributed by atoms with E-state index in [0.29, 0.717) is 6.42 Å². The lowest BCUT2D eigenvalue weighted by molar-refractivity contribution is -0.120. The molecule has 144 valence electrons. The Labute approximate surface area is 151 Å². The van der Waals surface area contributed by atoms with Crippen LogP contribution in [-0.4, -0.2) is 50.6 Å². The third-order valence-corrected chi connectivity index (χ3v) is 4.18. The molecule has 0 radical (unpaired) electrons. The summed E-state index contributed by atoms with van der Waals surface area (Å²) in [5.41, 5.74) is 0. The molecular formula is C20H34O5. The summed E-state index contributed by atoms with van der Waals surface area (Å²) in [6, 6.07) is 0. The van der Waals surface area contributed by atoms with Crippen molar-refractivity contribution in [1.29, 1.82) is 0 Å². The van der Waals surface area contributed by atoms with Crippen molar-refractivity contribution in [2.75, 3.05) is 0 Å². The van der Waals surface area contributed by atoms with Crippen molar-refractivity contribution < 1.29 is 25.2 Å². The molecule has 0 saturated heterocycles. The van der Waals surface area contributed by atoms with Crippen molar-refractivity contribution >= 4 is 5.78 Å². The first-order chi connectivity index (χ1) is 11.7. The molecule has 0 aromatic rings. The molecule has 0 aliphatic carbocycles. The van der Waals surface area contributed by atoms with E-state index in [9.17, 15) is 25.2 Å². The number of hydrogen-bond donors (Lipinski definition) is 4. The summed E-state index contributed by atoms with van der Waals surface area (Å²) < 4.78 is 0. The van der Waals surface area contributed by atoms with Gasteiger partial charge in [0.15, 0.2) is 0 Å². The smallest absolute Gasteiger partial charge is 0.135 e. The maximum Gasteiger partial charge on any atom is 0.135 e. The van der Waals surface area contributed by atoms with Crippen molar-refractivity contribution in [3.05, 3.63) is 36.5 Å². The van der Waals surface area contributed by atoms with Gasteiger partial charge in [0.05, 0.1) is 24.4 Å².